The Morgan fingerprint density at radius 1 is 1.16 bits per heavy atom. The third-order valence-electron chi connectivity index (χ3n) is 3.07. The molecule has 1 unspecified atom stereocenters. The third kappa shape index (κ3) is 7.09. The molecule has 0 aromatic heterocycles. The van der Waals surface area contributed by atoms with E-state index in [-0.39, 0.29) is 0 Å². The standard InChI is InChI=1S/C16H23NO2/c1(2-7-11-18-13-16-14-19-16)6-10-17-12-15-8-4-3-5-9-15/h3-5,8-9,12,16H,1-2,6-7,10-11,13-14H2. The van der Waals surface area contributed by atoms with E-state index in [1.165, 1.54) is 18.4 Å². The molecule has 0 spiro atoms. The van der Waals surface area contributed by atoms with Gasteiger partial charge in [-0.15, -0.1) is 0 Å². The Morgan fingerprint density at radius 3 is 2.74 bits per heavy atom. The van der Waals surface area contributed by atoms with E-state index in [4.69, 9.17) is 9.47 Å². The highest BCUT2D eigenvalue weighted by molar-refractivity contribution is 5.79. The molecule has 0 aliphatic carbocycles. The minimum atomic E-state index is 0.396. The molecule has 1 aromatic rings. The van der Waals surface area contributed by atoms with E-state index in [1.54, 1.807) is 0 Å². The number of epoxide rings is 1. The van der Waals surface area contributed by atoms with Crippen LogP contribution in [0.15, 0.2) is 35.3 Å². The van der Waals surface area contributed by atoms with Gasteiger partial charge in [-0.25, -0.2) is 0 Å². The van der Waals surface area contributed by atoms with Crippen molar-refractivity contribution in [1.82, 2.24) is 0 Å². The molecule has 1 atom stereocenters. The molecule has 19 heavy (non-hydrogen) atoms. The Bertz CT molecular complexity index is 360. The van der Waals surface area contributed by atoms with E-state index < -0.39 is 0 Å². The van der Waals surface area contributed by atoms with Gasteiger partial charge in [-0.1, -0.05) is 43.2 Å². The van der Waals surface area contributed by atoms with Gasteiger partial charge in [0, 0.05) is 19.4 Å². The molecule has 1 heterocycles. The second kappa shape index (κ2) is 8.83. The van der Waals surface area contributed by atoms with Gasteiger partial charge in [0.1, 0.15) is 6.10 Å². The fraction of sp³-hybridized carbons (Fsp3) is 0.562. The molecule has 1 fully saturated rings. The van der Waals surface area contributed by atoms with Gasteiger partial charge in [0.2, 0.25) is 0 Å². The number of hydrogen-bond acceptors (Lipinski definition) is 3. The lowest BCUT2D eigenvalue weighted by molar-refractivity contribution is 0.113. The van der Waals surface area contributed by atoms with Crippen LogP contribution < -0.4 is 0 Å². The summed E-state index contributed by atoms with van der Waals surface area (Å²) in [6, 6.07) is 10.2. The Hall–Kier alpha value is -1.19. The summed E-state index contributed by atoms with van der Waals surface area (Å²) in [5.41, 5.74) is 1.18. The molecule has 1 aliphatic rings. The van der Waals surface area contributed by atoms with Gasteiger partial charge in [-0.3, -0.25) is 4.99 Å². The van der Waals surface area contributed by atoms with Crippen LogP contribution in [0.5, 0.6) is 0 Å². The molecular weight excluding hydrogens is 238 g/mol. The highest BCUT2D eigenvalue weighted by Crippen LogP contribution is 2.09. The summed E-state index contributed by atoms with van der Waals surface area (Å²) >= 11 is 0. The molecule has 1 aromatic carbocycles. The Balaban J connectivity index is 1.38. The van der Waals surface area contributed by atoms with E-state index >= 15 is 0 Å². The van der Waals surface area contributed by atoms with Crippen molar-refractivity contribution in [1.29, 1.82) is 0 Å². The monoisotopic (exact) mass is 261 g/mol. The van der Waals surface area contributed by atoms with Crippen LogP contribution in [0.1, 0.15) is 31.2 Å². The minimum absolute atomic E-state index is 0.396. The first kappa shape index (κ1) is 14.2. The third-order valence-corrected chi connectivity index (χ3v) is 3.07. The van der Waals surface area contributed by atoms with Crippen LogP contribution in [0.4, 0.5) is 0 Å². The molecule has 0 radical (unpaired) electrons. The van der Waals surface area contributed by atoms with Crippen molar-refractivity contribution in [3.8, 4) is 0 Å². The summed E-state index contributed by atoms with van der Waals surface area (Å²) in [5, 5.41) is 0. The number of ether oxygens (including phenoxy) is 2. The van der Waals surface area contributed by atoms with Gasteiger partial charge >= 0.3 is 0 Å². The summed E-state index contributed by atoms with van der Waals surface area (Å²) in [4.78, 5) is 4.43. The molecule has 2 rings (SSSR count). The molecule has 1 aliphatic heterocycles. The van der Waals surface area contributed by atoms with Gasteiger partial charge < -0.3 is 9.47 Å². The lowest BCUT2D eigenvalue weighted by atomic mass is 10.2. The zero-order chi connectivity index (χ0) is 13.2. The van der Waals surface area contributed by atoms with E-state index in [0.29, 0.717) is 6.10 Å². The summed E-state index contributed by atoms with van der Waals surface area (Å²) in [6.07, 6.45) is 7.12. The zero-order valence-corrected chi connectivity index (χ0v) is 11.5. The van der Waals surface area contributed by atoms with Crippen LogP contribution in [0.25, 0.3) is 0 Å². The molecule has 0 bridgehead atoms. The largest absolute Gasteiger partial charge is 0.379 e. The molecule has 0 N–H and O–H groups in total. The first-order valence-corrected chi connectivity index (χ1v) is 7.19. The van der Waals surface area contributed by atoms with Gasteiger partial charge in [0.25, 0.3) is 0 Å². The minimum Gasteiger partial charge on any atom is -0.379 e. The number of unbranched alkanes of at least 4 members (excludes halogenated alkanes) is 3. The highest BCUT2D eigenvalue weighted by atomic mass is 16.6. The SMILES string of the molecule is C(=NCCCCCCOCC1CO1)c1ccccc1. The van der Waals surface area contributed by atoms with Gasteiger partial charge in [-0.05, 0) is 18.4 Å². The van der Waals surface area contributed by atoms with Crippen molar-refractivity contribution in [3.05, 3.63) is 35.9 Å². The summed E-state index contributed by atoms with van der Waals surface area (Å²) in [7, 11) is 0. The summed E-state index contributed by atoms with van der Waals surface area (Å²) in [5.74, 6) is 0. The maximum Gasteiger partial charge on any atom is 0.104 e. The van der Waals surface area contributed by atoms with Crippen molar-refractivity contribution in [3.63, 3.8) is 0 Å². The predicted molar refractivity (Wildman–Crippen MR) is 77.9 cm³/mol. The average molecular weight is 261 g/mol. The smallest absolute Gasteiger partial charge is 0.104 e. The fourth-order valence-corrected chi connectivity index (χ4v) is 1.85. The van der Waals surface area contributed by atoms with E-state index in [9.17, 15) is 0 Å². The molecule has 0 amide bonds. The lowest BCUT2D eigenvalue weighted by Gasteiger charge is -2.01. The van der Waals surface area contributed by atoms with Crippen molar-refractivity contribution >= 4 is 6.21 Å². The molecule has 0 saturated carbocycles. The van der Waals surface area contributed by atoms with Crippen molar-refractivity contribution < 1.29 is 9.47 Å². The van der Waals surface area contributed by atoms with Crippen molar-refractivity contribution in [2.75, 3.05) is 26.4 Å². The quantitative estimate of drug-likeness (QED) is 0.368. The summed E-state index contributed by atoms with van der Waals surface area (Å²) in [6.45, 7) is 3.46. The van der Waals surface area contributed by atoms with Crippen LogP contribution in [0.2, 0.25) is 0 Å². The Labute approximate surface area is 115 Å². The predicted octanol–water partition coefficient (Wildman–Crippen LogP) is 3.08. The van der Waals surface area contributed by atoms with Crippen LogP contribution in [0.3, 0.4) is 0 Å². The van der Waals surface area contributed by atoms with E-state index in [1.807, 2.05) is 24.4 Å². The molecule has 104 valence electrons. The topological polar surface area (TPSA) is 34.1 Å². The number of hydrogen-bond donors (Lipinski definition) is 0. The van der Waals surface area contributed by atoms with E-state index in [0.717, 1.165) is 39.2 Å². The number of nitrogens with zero attached hydrogens (tertiary/aromatic N) is 1. The Kier molecular flexibility index (Phi) is 6.61. The van der Waals surface area contributed by atoms with Crippen LogP contribution in [0, 0.1) is 0 Å². The highest BCUT2D eigenvalue weighted by Gasteiger charge is 2.21. The maximum atomic E-state index is 5.49. The van der Waals surface area contributed by atoms with Crippen molar-refractivity contribution in [2.45, 2.75) is 31.8 Å². The Morgan fingerprint density at radius 2 is 1.95 bits per heavy atom. The van der Waals surface area contributed by atoms with Crippen LogP contribution >= 0.6 is 0 Å². The normalized spacial score (nSPS) is 18.0. The fourth-order valence-electron chi connectivity index (χ4n) is 1.85. The second-order valence-electron chi connectivity index (χ2n) is 4.89. The van der Waals surface area contributed by atoms with Gasteiger partial charge in [0.15, 0.2) is 0 Å². The average Bonchev–Trinajstić information content (AvgIpc) is 3.26. The summed E-state index contributed by atoms with van der Waals surface area (Å²) < 4.78 is 10.6. The van der Waals surface area contributed by atoms with Gasteiger partial charge in [-0.2, -0.15) is 0 Å². The number of aliphatic imine (C=N–C) groups is 1. The molecule has 3 nitrogen and oxygen atoms in total. The first-order valence-electron chi connectivity index (χ1n) is 7.19. The lowest BCUT2D eigenvalue weighted by Crippen LogP contribution is -2.02. The molecular formula is C16H23NO2. The van der Waals surface area contributed by atoms with E-state index in [2.05, 4.69) is 17.1 Å². The number of rotatable bonds is 10. The van der Waals surface area contributed by atoms with Crippen LogP contribution in [-0.4, -0.2) is 38.7 Å². The number of benzene rings is 1. The van der Waals surface area contributed by atoms with Crippen molar-refractivity contribution in [2.24, 2.45) is 4.99 Å². The van der Waals surface area contributed by atoms with Crippen LogP contribution in [-0.2, 0) is 9.47 Å². The zero-order valence-electron chi connectivity index (χ0n) is 11.5. The van der Waals surface area contributed by atoms with Gasteiger partial charge in [0.05, 0.1) is 13.2 Å². The molecule has 1 saturated heterocycles. The first-order chi connectivity index (χ1) is 9.45. The molecule has 3 heteroatoms. The second-order valence-corrected chi connectivity index (χ2v) is 4.89. The maximum absolute atomic E-state index is 5.49.